The lowest BCUT2D eigenvalue weighted by Gasteiger charge is -2.12. The molecule has 6 heteroatoms. The van der Waals surface area contributed by atoms with Crippen molar-refractivity contribution in [3.05, 3.63) is 94.0 Å². The summed E-state index contributed by atoms with van der Waals surface area (Å²) in [5.74, 6) is 1.12. The van der Waals surface area contributed by atoms with Crippen LogP contribution in [0.4, 0.5) is 0 Å². The Balaban J connectivity index is 1.59. The molecule has 5 nitrogen and oxygen atoms in total. The number of benzene rings is 3. The molecule has 0 saturated heterocycles. The number of nitrogens with zero attached hydrogens (tertiary/aromatic N) is 1. The molecular formula is C24H23BrN2O3. The van der Waals surface area contributed by atoms with Crippen LogP contribution in [0.1, 0.15) is 23.6 Å². The summed E-state index contributed by atoms with van der Waals surface area (Å²) in [6.07, 6.45) is 1.85. The highest BCUT2D eigenvalue weighted by Crippen LogP contribution is 2.28. The minimum Gasteiger partial charge on any atom is -0.490 e. The Bertz CT molecular complexity index is 989. The Morgan fingerprint density at radius 2 is 1.73 bits per heavy atom. The predicted molar refractivity (Wildman–Crippen MR) is 122 cm³/mol. The number of hydrazone groups is 1. The highest BCUT2D eigenvalue weighted by molar-refractivity contribution is 9.10. The number of ether oxygens (including phenoxy) is 2. The van der Waals surface area contributed by atoms with Crippen molar-refractivity contribution in [1.82, 2.24) is 5.43 Å². The first-order valence-electron chi connectivity index (χ1n) is 9.64. The van der Waals surface area contributed by atoms with Crippen LogP contribution in [0.3, 0.4) is 0 Å². The molecule has 3 rings (SSSR count). The SMILES string of the molecule is CCOc1cc(C=NNC(=O)Cc2ccc(Br)cc2)ccc1OCc1ccccc1. The molecule has 3 aromatic rings. The van der Waals surface area contributed by atoms with Crippen LogP contribution in [-0.2, 0) is 17.8 Å². The number of nitrogens with one attached hydrogen (secondary N) is 1. The summed E-state index contributed by atoms with van der Waals surface area (Å²) in [6, 6.07) is 23.1. The van der Waals surface area contributed by atoms with E-state index in [0.29, 0.717) is 24.7 Å². The van der Waals surface area contributed by atoms with Gasteiger partial charge in [-0.3, -0.25) is 4.79 Å². The molecule has 0 unspecified atom stereocenters. The molecule has 0 saturated carbocycles. The summed E-state index contributed by atoms with van der Waals surface area (Å²) in [5.41, 5.74) is 5.36. The minimum atomic E-state index is -0.179. The zero-order valence-corrected chi connectivity index (χ0v) is 18.3. The van der Waals surface area contributed by atoms with E-state index < -0.39 is 0 Å². The number of hydrogen-bond donors (Lipinski definition) is 1. The van der Waals surface area contributed by atoms with E-state index in [-0.39, 0.29) is 12.3 Å². The number of halogens is 1. The van der Waals surface area contributed by atoms with E-state index in [4.69, 9.17) is 9.47 Å². The Kier molecular flexibility index (Phi) is 8.03. The topological polar surface area (TPSA) is 59.9 Å². The van der Waals surface area contributed by atoms with Crippen molar-refractivity contribution in [1.29, 1.82) is 0 Å². The summed E-state index contributed by atoms with van der Waals surface area (Å²) < 4.78 is 12.6. The standard InChI is InChI=1S/C24H23BrN2O3/c1-2-29-23-14-20(10-13-22(23)30-17-19-6-4-3-5-7-19)16-26-27-24(28)15-18-8-11-21(25)12-9-18/h3-14,16H,2,15,17H2,1H3,(H,27,28). The van der Waals surface area contributed by atoms with Crippen LogP contribution in [0.25, 0.3) is 0 Å². The third kappa shape index (κ3) is 6.74. The monoisotopic (exact) mass is 466 g/mol. The van der Waals surface area contributed by atoms with Crippen molar-refractivity contribution in [2.24, 2.45) is 5.10 Å². The van der Waals surface area contributed by atoms with E-state index in [1.807, 2.05) is 79.7 Å². The van der Waals surface area contributed by atoms with Gasteiger partial charge in [-0.15, -0.1) is 0 Å². The molecule has 0 atom stereocenters. The normalized spacial score (nSPS) is 10.7. The van der Waals surface area contributed by atoms with Crippen LogP contribution in [-0.4, -0.2) is 18.7 Å². The molecule has 0 heterocycles. The lowest BCUT2D eigenvalue weighted by Crippen LogP contribution is -2.19. The van der Waals surface area contributed by atoms with E-state index in [1.165, 1.54) is 0 Å². The first-order valence-corrected chi connectivity index (χ1v) is 10.4. The first kappa shape index (κ1) is 21.6. The molecule has 1 N–H and O–H groups in total. The zero-order valence-electron chi connectivity index (χ0n) is 16.7. The van der Waals surface area contributed by atoms with Crippen LogP contribution >= 0.6 is 15.9 Å². The lowest BCUT2D eigenvalue weighted by atomic mass is 10.1. The number of hydrogen-bond acceptors (Lipinski definition) is 4. The van der Waals surface area contributed by atoms with Gasteiger partial charge in [0.05, 0.1) is 19.2 Å². The molecule has 0 aliphatic rings. The van der Waals surface area contributed by atoms with Gasteiger partial charge >= 0.3 is 0 Å². The molecule has 0 aliphatic carbocycles. The zero-order chi connectivity index (χ0) is 21.2. The van der Waals surface area contributed by atoms with Gasteiger partial charge in [0.2, 0.25) is 5.91 Å². The fourth-order valence-corrected chi connectivity index (χ4v) is 3.00. The van der Waals surface area contributed by atoms with Gasteiger partial charge in [-0.05, 0) is 53.9 Å². The second kappa shape index (κ2) is 11.2. The molecule has 30 heavy (non-hydrogen) atoms. The van der Waals surface area contributed by atoms with Crippen LogP contribution in [0.2, 0.25) is 0 Å². The molecule has 0 aliphatic heterocycles. The highest BCUT2D eigenvalue weighted by atomic mass is 79.9. The fraction of sp³-hybridized carbons (Fsp3) is 0.167. The van der Waals surface area contributed by atoms with Gasteiger partial charge in [0.25, 0.3) is 0 Å². The van der Waals surface area contributed by atoms with Crippen molar-refractivity contribution in [3.8, 4) is 11.5 Å². The van der Waals surface area contributed by atoms with Crippen LogP contribution in [0.15, 0.2) is 82.4 Å². The first-order chi connectivity index (χ1) is 14.6. The Hall–Kier alpha value is -3.12. The van der Waals surface area contributed by atoms with E-state index in [2.05, 4.69) is 26.5 Å². The molecule has 0 aromatic heterocycles. The number of carbonyl (C=O) groups excluding carboxylic acids is 1. The van der Waals surface area contributed by atoms with Crippen molar-refractivity contribution >= 4 is 28.1 Å². The van der Waals surface area contributed by atoms with Gasteiger partial charge in [-0.2, -0.15) is 5.10 Å². The third-order valence-corrected chi connectivity index (χ3v) is 4.71. The van der Waals surface area contributed by atoms with Crippen molar-refractivity contribution < 1.29 is 14.3 Å². The maximum atomic E-state index is 12.0. The minimum absolute atomic E-state index is 0.179. The summed E-state index contributed by atoms with van der Waals surface area (Å²) in [5, 5.41) is 4.05. The summed E-state index contributed by atoms with van der Waals surface area (Å²) in [4.78, 5) is 12.0. The van der Waals surface area contributed by atoms with Gasteiger partial charge in [0.15, 0.2) is 11.5 Å². The lowest BCUT2D eigenvalue weighted by molar-refractivity contribution is -0.120. The molecular weight excluding hydrogens is 444 g/mol. The molecule has 0 spiro atoms. The number of rotatable bonds is 9. The van der Waals surface area contributed by atoms with Gasteiger partial charge in [-0.25, -0.2) is 5.43 Å². The second-order valence-electron chi connectivity index (χ2n) is 6.51. The molecule has 0 fully saturated rings. The largest absolute Gasteiger partial charge is 0.490 e. The van der Waals surface area contributed by atoms with Gasteiger partial charge < -0.3 is 9.47 Å². The van der Waals surface area contributed by atoms with E-state index >= 15 is 0 Å². The predicted octanol–water partition coefficient (Wildman–Crippen LogP) is 5.12. The number of carbonyl (C=O) groups is 1. The van der Waals surface area contributed by atoms with Gasteiger partial charge in [0, 0.05) is 4.47 Å². The maximum Gasteiger partial charge on any atom is 0.244 e. The van der Waals surface area contributed by atoms with Crippen molar-refractivity contribution in [3.63, 3.8) is 0 Å². The van der Waals surface area contributed by atoms with E-state index in [9.17, 15) is 4.79 Å². The average molecular weight is 467 g/mol. The molecule has 0 bridgehead atoms. The fourth-order valence-electron chi connectivity index (χ4n) is 2.73. The Labute approximate surface area is 184 Å². The van der Waals surface area contributed by atoms with Crippen molar-refractivity contribution in [2.75, 3.05) is 6.61 Å². The van der Waals surface area contributed by atoms with E-state index in [1.54, 1.807) is 6.21 Å². The number of amides is 1. The Morgan fingerprint density at radius 3 is 2.47 bits per heavy atom. The summed E-state index contributed by atoms with van der Waals surface area (Å²) in [7, 11) is 0. The third-order valence-electron chi connectivity index (χ3n) is 4.19. The van der Waals surface area contributed by atoms with Crippen LogP contribution in [0, 0.1) is 0 Å². The molecule has 0 radical (unpaired) electrons. The van der Waals surface area contributed by atoms with Gasteiger partial charge in [-0.1, -0.05) is 58.4 Å². The molecule has 3 aromatic carbocycles. The quantitative estimate of drug-likeness (QED) is 0.351. The summed E-state index contributed by atoms with van der Waals surface area (Å²) >= 11 is 3.38. The van der Waals surface area contributed by atoms with Crippen LogP contribution in [0.5, 0.6) is 11.5 Å². The van der Waals surface area contributed by atoms with Crippen molar-refractivity contribution in [2.45, 2.75) is 20.0 Å². The summed E-state index contributed by atoms with van der Waals surface area (Å²) in [6.45, 7) is 2.90. The molecule has 1 amide bonds. The Morgan fingerprint density at radius 1 is 0.967 bits per heavy atom. The maximum absolute atomic E-state index is 12.0. The van der Waals surface area contributed by atoms with Crippen LogP contribution < -0.4 is 14.9 Å². The average Bonchev–Trinajstić information content (AvgIpc) is 2.76. The van der Waals surface area contributed by atoms with E-state index in [0.717, 1.165) is 21.2 Å². The highest BCUT2D eigenvalue weighted by Gasteiger charge is 2.07. The second-order valence-corrected chi connectivity index (χ2v) is 7.43. The smallest absolute Gasteiger partial charge is 0.244 e. The van der Waals surface area contributed by atoms with Gasteiger partial charge in [0.1, 0.15) is 6.61 Å². The molecule has 154 valence electrons.